The molecule has 0 amide bonds. The fourth-order valence-corrected chi connectivity index (χ4v) is 2.47. The van der Waals surface area contributed by atoms with E-state index in [1.54, 1.807) is 12.1 Å². The molecular formula is C20H24N2O3. The fraction of sp³-hybridized carbons (Fsp3) is 0.400. The number of benzene rings is 1. The number of hydrogen-bond acceptors (Lipinski definition) is 4. The quantitative estimate of drug-likeness (QED) is 0.422. The van der Waals surface area contributed by atoms with Crippen LogP contribution in [0.3, 0.4) is 0 Å². The van der Waals surface area contributed by atoms with Crippen molar-refractivity contribution >= 4 is 22.9 Å². The summed E-state index contributed by atoms with van der Waals surface area (Å²) in [6.07, 6.45) is 3.79. The normalized spacial score (nSPS) is 17.4. The van der Waals surface area contributed by atoms with Crippen molar-refractivity contribution < 1.29 is 9.72 Å². The Labute approximate surface area is 148 Å². The Bertz CT molecular complexity index is 799. The molecule has 0 atom stereocenters. The SMILES string of the molecule is CC(C)(C)C1=CC(=Nc2ccc([N+](=O)[O-])cc2)C(=O)C(C(C)(C)C)=C1. The lowest BCUT2D eigenvalue weighted by atomic mass is 9.74. The molecule has 25 heavy (non-hydrogen) atoms. The van der Waals surface area contributed by atoms with Crippen LogP contribution < -0.4 is 0 Å². The average molecular weight is 340 g/mol. The van der Waals surface area contributed by atoms with Crippen LogP contribution in [0.15, 0.2) is 52.6 Å². The van der Waals surface area contributed by atoms with E-state index in [2.05, 4.69) is 25.8 Å². The summed E-state index contributed by atoms with van der Waals surface area (Å²) in [5, 5.41) is 10.8. The molecule has 1 aliphatic rings. The summed E-state index contributed by atoms with van der Waals surface area (Å²) in [6.45, 7) is 12.3. The third kappa shape index (κ3) is 4.29. The highest BCUT2D eigenvalue weighted by Crippen LogP contribution is 2.36. The number of hydrogen-bond donors (Lipinski definition) is 0. The van der Waals surface area contributed by atoms with Gasteiger partial charge in [0, 0.05) is 17.7 Å². The van der Waals surface area contributed by atoms with Crippen molar-refractivity contribution in [3.63, 3.8) is 0 Å². The smallest absolute Gasteiger partial charge is 0.269 e. The number of carbonyl (C=O) groups excluding carboxylic acids is 1. The standard InChI is InChI=1S/C20H24N2O3/c1-19(2,3)13-11-16(20(4,5)6)18(23)17(12-13)21-14-7-9-15(10-8-14)22(24)25/h7-12H,1-6H3. The highest BCUT2D eigenvalue weighted by atomic mass is 16.6. The number of Topliss-reactive ketones (excluding diaryl/α,β-unsaturated/α-hetero) is 1. The molecule has 5 nitrogen and oxygen atoms in total. The number of aliphatic imine (C=N–C) groups is 1. The van der Waals surface area contributed by atoms with Crippen molar-refractivity contribution in [2.24, 2.45) is 15.8 Å². The first-order valence-corrected chi connectivity index (χ1v) is 8.22. The topological polar surface area (TPSA) is 72.6 Å². The minimum atomic E-state index is -0.458. The van der Waals surface area contributed by atoms with Crippen LogP contribution in [-0.2, 0) is 4.79 Å². The van der Waals surface area contributed by atoms with E-state index in [1.165, 1.54) is 12.1 Å². The van der Waals surface area contributed by atoms with Gasteiger partial charge in [-0.15, -0.1) is 0 Å². The number of allylic oxidation sites excluding steroid dienone is 4. The first kappa shape index (κ1) is 18.8. The van der Waals surface area contributed by atoms with Gasteiger partial charge in [-0.25, -0.2) is 4.99 Å². The molecule has 1 aromatic carbocycles. The third-order valence-electron chi connectivity index (χ3n) is 4.05. The molecule has 0 bridgehead atoms. The van der Waals surface area contributed by atoms with Crippen LogP contribution in [0, 0.1) is 20.9 Å². The molecule has 0 N–H and O–H groups in total. The maximum atomic E-state index is 12.9. The molecule has 0 spiro atoms. The Morgan fingerprint density at radius 2 is 1.48 bits per heavy atom. The van der Waals surface area contributed by atoms with Crippen LogP contribution in [0.4, 0.5) is 11.4 Å². The number of nitro groups is 1. The van der Waals surface area contributed by atoms with Gasteiger partial charge in [0.1, 0.15) is 5.71 Å². The number of carbonyl (C=O) groups is 1. The second kappa shape index (κ2) is 6.39. The first-order valence-electron chi connectivity index (χ1n) is 8.22. The molecule has 1 aromatic rings. The van der Waals surface area contributed by atoms with Crippen LogP contribution in [0.2, 0.25) is 0 Å². The zero-order chi connectivity index (χ0) is 19.0. The molecule has 0 unspecified atom stereocenters. The zero-order valence-corrected chi connectivity index (χ0v) is 15.6. The Kier molecular flexibility index (Phi) is 4.80. The molecular weight excluding hydrogens is 316 g/mol. The maximum absolute atomic E-state index is 12.9. The monoisotopic (exact) mass is 340 g/mol. The van der Waals surface area contributed by atoms with Crippen molar-refractivity contribution in [2.45, 2.75) is 41.5 Å². The Hall–Kier alpha value is -2.56. The van der Waals surface area contributed by atoms with Crippen LogP contribution in [0.25, 0.3) is 0 Å². The van der Waals surface area contributed by atoms with E-state index in [9.17, 15) is 14.9 Å². The Morgan fingerprint density at radius 1 is 0.920 bits per heavy atom. The van der Waals surface area contributed by atoms with Gasteiger partial charge in [0.05, 0.1) is 10.6 Å². The van der Waals surface area contributed by atoms with Gasteiger partial charge >= 0.3 is 0 Å². The first-order chi connectivity index (χ1) is 11.4. The lowest BCUT2D eigenvalue weighted by Crippen LogP contribution is -2.29. The van der Waals surface area contributed by atoms with Crippen molar-refractivity contribution in [2.75, 3.05) is 0 Å². The molecule has 2 rings (SSSR count). The molecule has 0 heterocycles. The molecule has 132 valence electrons. The number of rotatable bonds is 2. The Balaban J connectivity index is 2.52. The van der Waals surface area contributed by atoms with E-state index >= 15 is 0 Å². The van der Waals surface area contributed by atoms with Crippen LogP contribution in [0.5, 0.6) is 0 Å². The largest absolute Gasteiger partial charge is 0.287 e. The maximum Gasteiger partial charge on any atom is 0.269 e. The van der Waals surface area contributed by atoms with Crippen molar-refractivity contribution in [3.05, 3.63) is 57.7 Å². The molecule has 0 aromatic heterocycles. The predicted octanol–water partition coefficient (Wildman–Crippen LogP) is 5.20. The lowest BCUT2D eigenvalue weighted by Gasteiger charge is -2.29. The van der Waals surface area contributed by atoms with Gasteiger partial charge in [-0.1, -0.05) is 47.6 Å². The molecule has 5 heteroatoms. The van der Waals surface area contributed by atoms with Gasteiger partial charge in [-0.2, -0.15) is 0 Å². The van der Waals surface area contributed by atoms with Crippen LogP contribution >= 0.6 is 0 Å². The van der Waals surface area contributed by atoms with Crippen LogP contribution in [-0.4, -0.2) is 16.4 Å². The lowest BCUT2D eigenvalue weighted by molar-refractivity contribution is -0.384. The van der Waals surface area contributed by atoms with E-state index in [0.717, 1.165) is 11.1 Å². The number of nitrogens with zero attached hydrogens (tertiary/aromatic N) is 2. The van der Waals surface area contributed by atoms with Gasteiger partial charge in [0.25, 0.3) is 5.69 Å². The molecule has 0 saturated carbocycles. The minimum Gasteiger partial charge on any atom is -0.287 e. The summed E-state index contributed by atoms with van der Waals surface area (Å²) in [4.78, 5) is 27.6. The van der Waals surface area contributed by atoms with Gasteiger partial charge in [-0.3, -0.25) is 14.9 Å². The molecule has 0 aliphatic heterocycles. The minimum absolute atomic E-state index is 0.000111. The molecule has 0 radical (unpaired) electrons. The number of non-ortho nitro benzene ring substituents is 1. The summed E-state index contributed by atoms with van der Waals surface area (Å²) in [6, 6.07) is 5.89. The van der Waals surface area contributed by atoms with Gasteiger partial charge < -0.3 is 0 Å². The second-order valence-electron chi connectivity index (χ2n) is 8.26. The van der Waals surface area contributed by atoms with E-state index in [-0.39, 0.29) is 22.3 Å². The molecule has 0 saturated heterocycles. The summed E-state index contributed by atoms with van der Waals surface area (Å²) in [5.41, 5.74) is 2.24. The van der Waals surface area contributed by atoms with Crippen LogP contribution in [0.1, 0.15) is 41.5 Å². The zero-order valence-electron chi connectivity index (χ0n) is 15.6. The fourth-order valence-electron chi connectivity index (χ4n) is 2.47. The van der Waals surface area contributed by atoms with E-state index in [4.69, 9.17) is 0 Å². The summed E-state index contributed by atoms with van der Waals surface area (Å²) < 4.78 is 0. The average Bonchev–Trinajstić information content (AvgIpc) is 2.47. The van der Waals surface area contributed by atoms with Crippen molar-refractivity contribution in [1.82, 2.24) is 0 Å². The van der Waals surface area contributed by atoms with Gasteiger partial charge in [0.2, 0.25) is 5.78 Å². The summed E-state index contributed by atoms with van der Waals surface area (Å²) >= 11 is 0. The number of ketones is 1. The predicted molar refractivity (Wildman–Crippen MR) is 100 cm³/mol. The van der Waals surface area contributed by atoms with Crippen molar-refractivity contribution in [3.8, 4) is 0 Å². The third-order valence-corrected chi connectivity index (χ3v) is 4.05. The van der Waals surface area contributed by atoms with Gasteiger partial charge in [-0.05, 0) is 34.6 Å². The van der Waals surface area contributed by atoms with Crippen molar-refractivity contribution in [1.29, 1.82) is 0 Å². The van der Waals surface area contributed by atoms with E-state index in [1.807, 2.05) is 32.9 Å². The molecule has 0 fully saturated rings. The highest BCUT2D eigenvalue weighted by molar-refractivity contribution is 6.51. The van der Waals surface area contributed by atoms with E-state index in [0.29, 0.717) is 11.4 Å². The van der Waals surface area contributed by atoms with E-state index < -0.39 is 4.92 Å². The highest BCUT2D eigenvalue weighted by Gasteiger charge is 2.32. The second-order valence-corrected chi connectivity index (χ2v) is 8.26. The number of nitro benzene ring substituents is 1. The summed E-state index contributed by atoms with van der Waals surface area (Å²) in [5.74, 6) is -0.0983. The molecule has 1 aliphatic carbocycles. The summed E-state index contributed by atoms with van der Waals surface area (Å²) in [7, 11) is 0. The van der Waals surface area contributed by atoms with Gasteiger partial charge in [0.15, 0.2) is 0 Å². The Morgan fingerprint density at radius 3 is 1.92 bits per heavy atom.